The van der Waals surface area contributed by atoms with Crippen molar-refractivity contribution < 1.29 is 0 Å². The predicted molar refractivity (Wildman–Crippen MR) is 80.3 cm³/mol. The predicted octanol–water partition coefficient (Wildman–Crippen LogP) is 3.57. The van der Waals surface area contributed by atoms with Crippen molar-refractivity contribution in [2.75, 3.05) is 5.73 Å². The Morgan fingerprint density at radius 2 is 2.05 bits per heavy atom. The first-order valence-electron chi connectivity index (χ1n) is 6.14. The number of nitrogens with one attached hydrogen (secondary N) is 1. The number of thiophene rings is 1. The van der Waals surface area contributed by atoms with Crippen LogP contribution in [0.25, 0.3) is 21.2 Å². The van der Waals surface area contributed by atoms with Crippen LogP contribution >= 0.6 is 11.3 Å². The van der Waals surface area contributed by atoms with Crippen LogP contribution in [0.2, 0.25) is 0 Å². The molecular formula is C14H16N4S. The minimum Gasteiger partial charge on any atom is -0.383 e. The third-order valence-corrected chi connectivity index (χ3v) is 4.26. The van der Waals surface area contributed by atoms with Crippen LogP contribution in [0.3, 0.4) is 0 Å². The number of nitrogen functional groups attached to an aromatic ring is 1. The van der Waals surface area contributed by atoms with E-state index in [1.165, 1.54) is 10.3 Å². The number of H-pyrrole nitrogens is 1. The van der Waals surface area contributed by atoms with Crippen molar-refractivity contribution >= 4 is 27.2 Å². The van der Waals surface area contributed by atoms with Crippen LogP contribution in [0.1, 0.15) is 26.3 Å². The second kappa shape index (κ2) is 4.06. The van der Waals surface area contributed by atoms with Crippen molar-refractivity contribution in [2.24, 2.45) is 0 Å². The average molecular weight is 272 g/mol. The highest BCUT2D eigenvalue weighted by atomic mass is 32.1. The van der Waals surface area contributed by atoms with Crippen molar-refractivity contribution in [1.82, 2.24) is 15.2 Å². The number of hydrogen-bond donors (Lipinski definition) is 2. The average Bonchev–Trinajstić information content (AvgIpc) is 2.97. The van der Waals surface area contributed by atoms with Gasteiger partial charge in [0.15, 0.2) is 0 Å². The summed E-state index contributed by atoms with van der Waals surface area (Å²) in [5.41, 5.74) is 9.53. The fraction of sp³-hybridized carbons (Fsp3) is 0.286. The maximum Gasteiger partial charge on any atom is 0.132 e. The first kappa shape index (κ1) is 12.2. The molecule has 0 saturated carbocycles. The summed E-state index contributed by atoms with van der Waals surface area (Å²) in [6.45, 7) is 6.58. The van der Waals surface area contributed by atoms with E-state index in [4.69, 9.17) is 5.73 Å². The smallest absolute Gasteiger partial charge is 0.132 e. The van der Waals surface area contributed by atoms with Gasteiger partial charge in [0.05, 0.1) is 6.20 Å². The zero-order valence-electron chi connectivity index (χ0n) is 11.2. The number of anilines is 1. The molecule has 98 valence electrons. The van der Waals surface area contributed by atoms with Gasteiger partial charge in [0.1, 0.15) is 5.82 Å². The highest BCUT2D eigenvalue weighted by molar-refractivity contribution is 7.18. The Morgan fingerprint density at radius 1 is 1.26 bits per heavy atom. The summed E-state index contributed by atoms with van der Waals surface area (Å²) < 4.78 is 1.18. The number of nitrogens with two attached hydrogens (primary N) is 1. The molecule has 0 spiro atoms. The minimum atomic E-state index is 0.0586. The van der Waals surface area contributed by atoms with Crippen LogP contribution in [0.5, 0.6) is 0 Å². The lowest BCUT2D eigenvalue weighted by atomic mass is 9.86. The van der Waals surface area contributed by atoms with Crippen molar-refractivity contribution in [1.29, 1.82) is 0 Å². The van der Waals surface area contributed by atoms with E-state index < -0.39 is 0 Å². The van der Waals surface area contributed by atoms with Gasteiger partial charge in [-0.05, 0) is 16.4 Å². The number of rotatable bonds is 1. The second-order valence-corrected chi connectivity index (χ2v) is 6.53. The highest BCUT2D eigenvalue weighted by Crippen LogP contribution is 2.41. The molecule has 0 bridgehead atoms. The highest BCUT2D eigenvalue weighted by Gasteiger charge is 2.22. The SMILES string of the molecule is CC(C)(C)c1csc2c(-c3cn[nH]c3)cnc(N)c12. The van der Waals surface area contributed by atoms with Gasteiger partial charge in [-0.25, -0.2) is 4.98 Å². The van der Waals surface area contributed by atoms with E-state index in [-0.39, 0.29) is 5.41 Å². The molecule has 0 aliphatic carbocycles. The van der Waals surface area contributed by atoms with Crippen molar-refractivity contribution in [3.05, 3.63) is 29.5 Å². The van der Waals surface area contributed by atoms with Gasteiger partial charge in [0, 0.05) is 33.6 Å². The topological polar surface area (TPSA) is 67.6 Å². The van der Waals surface area contributed by atoms with E-state index in [0.29, 0.717) is 5.82 Å². The molecule has 3 heterocycles. The summed E-state index contributed by atoms with van der Waals surface area (Å²) in [5.74, 6) is 0.605. The van der Waals surface area contributed by atoms with Crippen LogP contribution in [0.4, 0.5) is 5.82 Å². The number of nitrogens with zero attached hydrogens (tertiary/aromatic N) is 2. The van der Waals surface area contributed by atoms with E-state index in [0.717, 1.165) is 16.5 Å². The summed E-state index contributed by atoms with van der Waals surface area (Å²) in [6.07, 6.45) is 5.51. The van der Waals surface area contributed by atoms with Gasteiger partial charge in [-0.2, -0.15) is 5.10 Å². The van der Waals surface area contributed by atoms with Gasteiger partial charge in [0.2, 0.25) is 0 Å². The first-order chi connectivity index (χ1) is 8.98. The number of aromatic nitrogens is 3. The summed E-state index contributed by atoms with van der Waals surface area (Å²) in [6, 6.07) is 0. The van der Waals surface area contributed by atoms with Gasteiger partial charge < -0.3 is 5.73 Å². The van der Waals surface area contributed by atoms with Gasteiger partial charge >= 0.3 is 0 Å². The zero-order chi connectivity index (χ0) is 13.6. The Bertz CT molecular complexity index is 720. The van der Waals surface area contributed by atoms with Crippen molar-refractivity contribution in [2.45, 2.75) is 26.2 Å². The summed E-state index contributed by atoms with van der Waals surface area (Å²) in [5, 5.41) is 10.1. The number of aromatic amines is 1. The molecule has 4 nitrogen and oxygen atoms in total. The molecule has 0 radical (unpaired) electrons. The Hall–Kier alpha value is -1.88. The minimum absolute atomic E-state index is 0.0586. The standard InChI is InChI=1S/C14H16N4S/c1-14(2,3)10-7-19-12-9(8-4-17-18-5-8)6-16-13(15)11(10)12/h4-7H,1-3H3,(H2,15,16)(H,17,18). The van der Waals surface area contributed by atoms with Crippen molar-refractivity contribution in [3.8, 4) is 11.1 Å². The van der Waals surface area contributed by atoms with Crippen LogP contribution in [-0.4, -0.2) is 15.2 Å². The van der Waals surface area contributed by atoms with Gasteiger partial charge in [-0.3, -0.25) is 5.10 Å². The lowest BCUT2D eigenvalue weighted by molar-refractivity contribution is 0.598. The molecule has 0 aliphatic heterocycles. The largest absolute Gasteiger partial charge is 0.383 e. The van der Waals surface area contributed by atoms with E-state index in [1.54, 1.807) is 11.3 Å². The molecule has 0 saturated heterocycles. The molecule has 0 amide bonds. The Morgan fingerprint density at radius 3 is 2.68 bits per heavy atom. The Balaban J connectivity index is 2.35. The Kier molecular flexibility index (Phi) is 2.60. The molecule has 0 atom stereocenters. The monoisotopic (exact) mass is 272 g/mol. The molecule has 19 heavy (non-hydrogen) atoms. The first-order valence-corrected chi connectivity index (χ1v) is 7.02. The molecule has 3 rings (SSSR count). The molecule has 5 heteroatoms. The fourth-order valence-electron chi connectivity index (χ4n) is 2.22. The molecular weight excluding hydrogens is 256 g/mol. The van der Waals surface area contributed by atoms with E-state index >= 15 is 0 Å². The third-order valence-electron chi connectivity index (χ3n) is 3.24. The summed E-state index contributed by atoms with van der Waals surface area (Å²) in [4.78, 5) is 4.35. The van der Waals surface area contributed by atoms with Crippen molar-refractivity contribution in [3.63, 3.8) is 0 Å². The third kappa shape index (κ3) is 1.90. The maximum absolute atomic E-state index is 6.09. The Labute approximate surface area is 115 Å². The quantitative estimate of drug-likeness (QED) is 0.711. The number of fused-ring (bicyclic) bond motifs is 1. The molecule has 0 unspecified atom stereocenters. The summed E-state index contributed by atoms with van der Waals surface area (Å²) in [7, 11) is 0. The second-order valence-electron chi connectivity index (χ2n) is 5.65. The normalized spacial score (nSPS) is 12.2. The van der Waals surface area contributed by atoms with Gasteiger partial charge in [-0.15, -0.1) is 11.3 Å². The van der Waals surface area contributed by atoms with E-state index in [2.05, 4.69) is 41.3 Å². The van der Waals surface area contributed by atoms with Gasteiger partial charge in [-0.1, -0.05) is 20.8 Å². The van der Waals surface area contributed by atoms with Crippen LogP contribution in [0, 0.1) is 0 Å². The molecule has 0 fully saturated rings. The lowest BCUT2D eigenvalue weighted by Crippen LogP contribution is -2.10. The summed E-state index contributed by atoms with van der Waals surface area (Å²) >= 11 is 1.72. The van der Waals surface area contributed by atoms with E-state index in [9.17, 15) is 0 Å². The molecule has 3 aromatic heterocycles. The van der Waals surface area contributed by atoms with Gasteiger partial charge in [0.25, 0.3) is 0 Å². The number of pyridine rings is 1. The maximum atomic E-state index is 6.09. The molecule has 3 aromatic rings. The molecule has 0 aliphatic rings. The molecule has 3 N–H and O–H groups in total. The molecule has 0 aromatic carbocycles. The van der Waals surface area contributed by atoms with Crippen LogP contribution < -0.4 is 5.73 Å². The zero-order valence-corrected chi connectivity index (χ0v) is 12.0. The van der Waals surface area contributed by atoms with Crippen LogP contribution in [0.15, 0.2) is 24.0 Å². The number of hydrogen-bond acceptors (Lipinski definition) is 4. The fourth-order valence-corrected chi connectivity index (χ4v) is 3.56. The van der Waals surface area contributed by atoms with Crippen LogP contribution in [-0.2, 0) is 5.41 Å². The van der Waals surface area contributed by atoms with E-state index in [1.807, 2.05) is 18.6 Å². The lowest BCUT2D eigenvalue weighted by Gasteiger charge is -2.18.